The van der Waals surface area contributed by atoms with Crippen molar-refractivity contribution in [1.82, 2.24) is 10.2 Å². The molecule has 0 unspecified atom stereocenters. The lowest BCUT2D eigenvalue weighted by atomic mass is 10.1. The highest BCUT2D eigenvalue weighted by atomic mass is 32.2. The summed E-state index contributed by atoms with van der Waals surface area (Å²) in [5, 5.41) is 19.9. The maximum absolute atomic E-state index is 8.75. The lowest BCUT2D eigenvalue weighted by molar-refractivity contribution is 0.318. The number of benzene rings is 1. The Morgan fingerprint density at radius 3 is 2.81 bits per heavy atom. The van der Waals surface area contributed by atoms with Crippen molar-refractivity contribution in [2.24, 2.45) is 10.9 Å². The second kappa shape index (κ2) is 7.53. The zero-order valence-electron chi connectivity index (χ0n) is 11.4. The number of ether oxygens (including phenoxy) is 1. The lowest BCUT2D eigenvalue weighted by Crippen LogP contribution is -2.13. The molecule has 1 aromatic heterocycles. The minimum Gasteiger partial charge on any atom is -0.496 e. The van der Waals surface area contributed by atoms with E-state index >= 15 is 0 Å². The van der Waals surface area contributed by atoms with Gasteiger partial charge in [-0.2, -0.15) is 0 Å². The highest BCUT2D eigenvalue weighted by Gasteiger charge is 2.10. The minimum absolute atomic E-state index is 0.0736. The van der Waals surface area contributed by atoms with Crippen molar-refractivity contribution in [3.63, 3.8) is 0 Å². The van der Waals surface area contributed by atoms with Crippen LogP contribution in [-0.2, 0) is 5.75 Å². The van der Waals surface area contributed by atoms with Gasteiger partial charge in [-0.25, -0.2) is 0 Å². The summed E-state index contributed by atoms with van der Waals surface area (Å²) in [5.74, 6) is 1.50. The highest BCUT2D eigenvalue weighted by Crippen LogP contribution is 2.32. The molecule has 0 saturated heterocycles. The molecule has 0 bridgehead atoms. The molecule has 6 nitrogen and oxygen atoms in total. The van der Waals surface area contributed by atoms with Gasteiger partial charge in [0.15, 0.2) is 14.5 Å². The maximum atomic E-state index is 8.75. The zero-order valence-corrected chi connectivity index (χ0v) is 13.9. The van der Waals surface area contributed by atoms with Gasteiger partial charge in [0.2, 0.25) is 0 Å². The third kappa shape index (κ3) is 4.02. The van der Waals surface area contributed by atoms with Gasteiger partial charge in [0.25, 0.3) is 0 Å². The van der Waals surface area contributed by atoms with Gasteiger partial charge in [-0.1, -0.05) is 40.0 Å². The minimum atomic E-state index is 0.0736. The largest absolute Gasteiger partial charge is 0.496 e. The molecule has 0 fully saturated rings. The summed E-state index contributed by atoms with van der Waals surface area (Å²) in [5.41, 5.74) is 7.21. The molecule has 0 atom stereocenters. The van der Waals surface area contributed by atoms with Gasteiger partial charge in [0.05, 0.1) is 7.11 Å². The number of rotatable bonds is 6. The Morgan fingerprint density at radius 2 is 2.19 bits per heavy atom. The Hall–Kier alpha value is -1.45. The van der Waals surface area contributed by atoms with Crippen molar-refractivity contribution in [2.45, 2.75) is 14.4 Å². The topological polar surface area (TPSA) is 93.6 Å². The molecule has 9 heteroatoms. The fourth-order valence-electron chi connectivity index (χ4n) is 1.59. The molecule has 0 aliphatic heterocycles. The van der Waals surface area contributed by atoms with Crippen molar-refractivity contribution in [2.75, 3.05) is 13.4 Å². The van der Waals surface area contributed by atoms with Gasteiger partial charge in [-0.15, -0.1) is 10.2 Å². The highest BCUT2D eigenvalue weighted by molar-refractivity contribution is 8.02. The van der Waals surface area contributed by atoms with Crippen molar-refractivity contribution in [1.29, 1.82) is 0 Å². The molecule has 1 heterocycles. The van der Waals surface area contributed by atoms with Crippen LogP contribution in [0, 0.1) is 0 Å². The fourth-order valence-corrected chi connectivity index (χ4v) is 4.00. The number of hydrogen-bond donors (Lipinski definition) is 2. The Morgan fingerprint density at radius 1 is 1.43 bits per heavy atom. The number of thioether (sulfide) groups is 2. The van der Waals surface area contributed by atoms with E-state index in [-0.39, 0.29) is 5.84 Å². The number of nitrogens with two attached hydrogens (primary N) is 1. The van der Waals surface area contributed by atoms with Crippen LogP contribution in [0.15, 0.2) is 32.0 Å². The first kappa shape index (κ1) is 15.9. The third-order valence-electron chi connectivity index (χ3n) is 2.60. The molecule has 21 heavy (non-hydrogen) atoms. The summed E-state index contributed by atoms with van der Waals surface area (Å²) < 4.78 is 7.17. The quantitative estimate of drug-likeness (QED) is 0.274. The van der Waals surface area contributed by atoms with E-state index < -0.39 is 0 Å². The smallest absolute Gasteiger partial charge is 0.175 e. The molecule has 0 radical (unpaired) electrons. The lowest BCUT2D eigenvalue weighted by Gasteiger charge is -2.09. The number of aromatic nitrogens is 2. The first-order chi connectivity index (χ1) is 10.2. The van der Waals surface area contributed by atoms with Gasteiger partial charge in [0.1, 0.15) is 5.75 Å². The molecule has 2 aromatic rings. The third-order valence-corrected chi connectivity index (χ3v) is 5.68. The van der Waals surface area contributed by atoms with Crippen LogP contribution in [0.4, 0.5) is 0 Å². The van der Waals surface area contributed by atoms with Crippen molar-refractivity contribution in [3.05, 3.63) is 29.3 Å². The van der Waals surface area contributed by atoms with E-state index in [9.17, 15) is 0 Å². The molecule has 2 rings (SSSR count). The Kier molecular flexibility index (Phi) is 5.71. The van der Waals surface area contributed by atoms with E-state index in [4.69, 9.17) is 15.7 Å². The summed E-state index contributed by atoms with van der Waals surface area (Å²) in [7, 11) is 1.61. The summed E-state index contributed by atoms with van der Waals surface area (Å²) in [6.07, 6.45) is 1.97. The van der Waals surface area contributed by atoms with Crippen LogP contribution in [0.2, 0.25) is 0 Å². The normalized spacial score (nSPS) is 11.6. The fraction of sp³-hybridized carbons (Fsp3) is 0.250. The molecule has 0 aliphatic carbocycles. The number of oxime groups is 1. The molecular weight excluding hydrogens is 328 g/mol. The van der Waals surface area contributed by atoms with Crippen LogP contribution in [0.25, 0.3) is 0 Å². The van der Waals surface area contributed by atoms with Gasteiger partial charge in [0, 0.05) is 16.9 Å². The average Bonchev–Trinajstić information content (AvgIpc) is 2.99. The van der Waals surface area contributed by atoms with E-state index in [2.05, 4.69) is 15.4 Å². The number of amidine groups is 1. The second-order valence-electron chi connectivity index (χ2n) is 3.84. The zero-order chi connectivity index (χ0) is 15.2. The number of methoxy groups -OCH3 is 1. The summed E-state index contributed by atoms with van der Waals surface area (Å²) in [6.45, 7) is 0. The molecule has 0 saturated carbocycles. The molecule has 0 amide bonds. The molecular formula is C12H14N4O2S3. The van der Waals surface area contributed by atoms with Crippen molar-refractivity contribution >= 4 is 40.7 Å². The summed E-state index contributed by atoms with van der Waals surface area (Å²) >= 11 is 4.71. The van der Waals surface area contributed by atoms with Crippen LogP contribution < -0.4 is 10.5 Å². The summed E-state index contributed by atoms with van der Waals surface area (Å²) in [6, 6.07) is 5.40. The average molecular weight is 342 g/mol. The molecule has 1 aromatic carbocycles. The Labute approximate surface area is 134 Å². The standard InChI is InChI=1S/C12H14N4O2S3/c1-18-9-4-3-7(10(13)16-17)5-8(9)6-20-12-15-14-11(19-2)21-12/h3-5,17H,6H2,1-2H3,(H2,13,16). The van der Waals surface area contributed by atoms with E-state index in [1.807, 2.05) is 12.3 Å². The van der Waals surface area contributed by atoms with E-state index in [1.54, 1.807) is 54.1 Å². The van der Waals surface area contributed by atoms with E-state index in [0.717, 1.165) is 20.0 Å². The van der Waals surface area contributed by atoms with Crippen molar-refractivity contribution in [3.8, 4) is 5.75 Å². The van der Waals surface area contributed by atoms with Crippen LogP contribution in [0.3, 0.4) is 0 Å². The Balaban J connectivity index is 2.17. The molecule has 3 N–H and O–H groups in total. The first-order valence-corrected chi connectivity index (χ1v) is 8.85. The van der Waals surface area contributed by atoms with Crippen LogP contribution >= 0.6 is 34.9 Å². The molecule has 0 spiro atoms. The predicted octanol–water partition coefficient (Wildman–Crippen LogP) is 2.66. The monoisotopic (exact) mass is 342 g/mol. The van der Waals surface area contributed by atoms with Gasteiger partial charge in [-0.3, -0.25) is 0 Å². The Bertz CT molecular complexity index is 645. The van der Waals surface area contributed by atoms with Crippen LogP contribution in [0.1, 0.15) is 11.1 Å². The van der Waals surface area contributed by atoms with Gasteiger partial charge < -0.3 is 15.7 Å². The van der Waals surface area contributed by atoms with Gasteiger partial charge >= 0.3 is 0 Å². The van der Waals surface area contributed by atoms with Crippen molar-refractivity contribution < 1.29 is 9.94 Å². The predicted molar refractivity (Wildman–Crippen MR) is 86.8 cm³/mol. The van der Waals surface area contributed by atoms with Crippen LogP contribution in [0.5, 0.6) is 5.75 Å². The number of nitrogens with zero attached hydrogens (tertiary/aromatic N) is 3. The van der Waals surface area contributed by atoms with E-state index in [1.165, 1.54) is 0 Å². The number of hydrogen-bond acceptors (Lipinski definition) is 8. The van der Waals surface area contributed by atoms with E-state index in [0.29, 0.717) is 11.3 Å². The maximum Gasteiger partial charge on any atom is 0.175 e. The second-order valence-corrected chi connectivity index (χ2v) is 7.09. The molecule has 112 valence electrons. The first-order valence-electron chi connectivity index (χ1n) is 5.83. The van der Waals surface area contributed by atoms with Gasteiger partial charge in [-0.05, 0) is 24.5 Å². The SMILES string of the molecule is COc1ccc(/C(N)=N/O)cc1CSc1nnc(SC)s1. The van der Waals surface area contributed by atoms with Crippen LogP contribution in [-0.4, -0.2) is 34.6 Å². The summed E-state index contributed by atoms with van der Waals surface area (Å²) in [4.78, 5) is 0. The molecule has 0 aliphatic rings.